The topological polar surface area (TPSA) is 34.1 Å². The summed E-state index contributed by atoms with van der Waals surface area (Å²) in [6.07, 6.45) is 3.52. The van der Waals surface area contributed by atoms with Gasteiger partial charge in [0, 0.05) is 24.4 Å². The van der Waals surface area contributed by atoms with Crippen LogP contribution in [-0.2, 0) is 13.0 Å². The van der Waals surface area contributed by atoms with Crippen molar-refractivity contribution in [1.29, 1.82) is 0 Å². The quantitative estimate of drug-likeness (QED) is 0.848. The maximum absolute atomic E-state index is 5.76. The number of thiazole rings is 1. The minimum absolute atomic E-state index is 0.687. The lowest BCUT2D eigenvalue weighted by Crippen LogP contribution is -2.15. The first-order chi connectivity index (χ1) is 9.79. The molecular weight excluding hydrogens is 268 g/mol. The average Bonchev–Trinajstić information content (AvgIpc) is 3.16. The van der Waals surface area contributed by atoms with E-state index in [0.29, 0.717) is 6.61 Å². The van der Waals surface area contributed by atoms with Crippen molar-refractivity contribution >= 4 is 11.3 Å². The van der Waals surface area contributed by atoms with Gasteiger partial charge in [-0.05, 0) is 37.5 Å². The molecule has 1 fully saturated rings. The van der Waals surface area contributed by atoms with Crippen molar-refractivity contribution in [3.05, 3.63) is 45.9 Å². The molecule has 1 aromatic heterocycles. The van der Waals surface area contributed by atoms with Gasteiger partial charge in [0.15, 0.2) is 0 Å². The van der Waals surface area contributed by atoms with Crippen molar-refractivity contribution < 1.29 is 4.74 Å². The van der Waals surface area contributed by atoms with E-state index in [9.17, 15) is 0 Å². The van der Waals surface area contributed by atoms with Gasteiger partial charge in [0.05, 0.1) is 17.3 Å². The number of aryl methyl sites for hydroxylation is 1. The first-order valence-electron chi connectivity index (χ1n) is 7.16. The fourth-order valence-electron chi connectivity index (χ4n) is 2.04. The number of benzene rings is 1. The standard InChI is InChI=1S/C16H20N2OS/c1-12-3-2-4-15(9-12)19-8-7-16-18-14(11-20-16)10-17-13-5-6-13/h2-4,9,11,13,17H,5-8,10H2,1H3. The van der Waals surface area contributed by atoms with Gasteiger partial charge in [0.2, 0.25) is 0 Å². The van der Waals surface area contributed by atoms with Gasteiger partial charge in [-0.15, -0.1) is 11.3 Å². The third kappa shape index (κ3) is 4.05. The first-order valence-corrected chi connectivity index (χ1v) is 8.04. The summed E-state index contributed by atoms with van der Waals surface area (Å²) in [5, 5.41) is 6.80. The van der Waals surface area contributed by atoms with Crippen molar-refractivity contribution in [2.24, 2.45) is 0 Å². The molecular formula is C16H20N2OS. The number of nitrogens with one attached hydrogen (secondary N) is 1. The minimum Gasteiger partial charge on any atom is -0.493 e. The normalized spacial score (nSPS) is 14.4. The molecule has 1 aliphatic rings. The fourth-order valence-corrected chi connectivity index (χ4v) is 2.82. The van der Waals surface area contributed by atoms with E-state index in [1.807, 2.05) is 12.1 Å². The lowest BCUT2D eigenvalue weighted by molar-refractivity contribution is 0.321. The van der Waals surface area contributed by atoms with E-state index in [4.69, 9.17) is 4.74 Å². The van der Waals surface area contributed by atoms with Crippen molar-refractivity contribution in [2.45, 2.75) is 38.8 Å². The zero-order valence-electron chi connectivity index (χ0n) is 11.8. The molecule has 0 saturated heterocycles. The molecule has 1 saturated carbocycles. The van der Waals surface area contributed by atoms with Crippen LogP contribution in [0.1, 0.15) is 29.1 Å². The molecule has 0 amide bonds. The third-order valence-corrected chi connectivity index (χ3v) is 4.28. The van der Waals surface area contributed by atoms with Gasteiger partial charge in [-0.25, -0.2) is 4.98 Å². The smallest absolute Gasteiger partial charge is 0.119 e. The molecule has 1 aromatic carbocycles. The van der Waals surface area contributed by atoms with Crippen LogP contribution in [0.25, 0.3) is 0 Å². The number of aromatic nitrogens is 1. The van der Waals surface area contributed by atoms with E-state index in [-0.39, 0.29) is 0 Å². The summed E-state index contributed by atoms with van der Waals surface area (Å²) >= 11 is 1.73. The predicted molar refractivity (Wildman–Crippen MR) is 82.4 cm³/mol. The highest BCUT2D eigenvalue weighted by atomic mass is 32.1. The van der Waals surface area contributed by atoms with Gasteiger partial charge in [-0.3, -0.25) is 0 Å². The van der Waals surface area contributed by atoms with E-state index >= 15 is 0 Å². The molecule has 1 aliphatic carbocycles. The molecule has 4 heteroatoms. The van der Waals surface area contributed by atoms with Crippen LogP contribution in [0.4, 0.5) is 0 Å². The van der Waals surface area contributed by atoms with Gasteiger partial charge < -0.3 is 10.1 Å². The summed E-state index contributed by atoms with van der Waals surface area (Å²) in [4.78, 5) is 4.63. The van der Waals surface area contributed by atoms with Crippen LogP contribution >= 0.6 is 11.3 Å². The molecule has 1 N–H and O–H groups in total. The second-order valence-corrected chi connectivity index (χ2v) is 6.25. The molecule has 0 atom stereocenters. The number of nitrogens with zero attached hydrogens (tertiary/aromatic N) is 1. The number of hydrogen-bond donors (Lipinski definition) is 1. The zero-order valence-corrected chi connectivity index (χ0v) is 12.6. The van der Waals surface area contributed by atoms with Crippen molar-refractivity contribution in [3.63, 3.8) is 0 Å². The Morgan fingerprint density at radius 3 is 3.10 bits per heavy atom. The summed E-state index contributed by atoms with van der Waals surface area (Å²) < 4.78 is 5.76. The monoisotopic (exact) mass is 288 g/mol. The largest absolute Gasteiger partial charge is 0.493 e. The van der Waals surface area contributed by atoms with Crippen molar-refractivity contribution in [2.75, 3.05) is 6.61 Å². The van der Waals surface area contributed by atoms with Crippen molar-refractivity contribution in [3.8, 4) is 5.75 Å². The molecule has 0 aliphatic heterocycles. The Balaban J connectivity index is 1.43. The zero-order chi connectivity index (χ0) is 13.8. The molecule has 20 heavy (non-hydrogen) atoms. The summed E-state index contributed by atoms with van der Waals surface area (Å²) in [6, 6.07) is 8.90. The highest BCUT2D eigenvalue weighted by Crippen LogP contribution is 2.20. The predicted octanol–water partition coefficient (Wildman–Crippen LogP) is 3.33. The molecule has 1 heterocycles. The number of rotatable bonds is 7. The van der Waals surface area contributed by atoms with Crippen LogP contribution in [0.15, 0.2) is 29.6 Å². The van der Waals surface area contributed by atoms with Gasteiger partial charge >= 0.3 is 0 Å². The molecule has 0 unspecified atom stereocenters. The second-order valence-electron chi connectivity index (χ2n) is 5.30. The fraction of sp³-hybridized carbons (Fsp3) is 0.438. The van der Waals surface area contributed by atoms with Crippen LogP contribution in [-0.4, -0.2) is 17.6 Å². The highest BCUT2D eigenvalue weighted by molar-refractivity contribution is 7.09. The van der Waals surface area contributed by atoms with E-state index < -0.39 is 0 Å². The minimum atomic E-state index is 0.687. The maximum atomic E-state index is 5.76. The Hall–Kier alpha value is -1.39. The number of hydrogen-bond acceptors (Lipinski definition) is 4. The molecule has 0 spiro atoms. The third-order valence-electron chi connectivity index (χ3n) is 3.32. The highest BCUT2D eigenvalue weighted by Gasteiger charge is 2.20. The lowest BCUT2D eigenvalue weighted by Gasteiger charge is -2.05. The molecule has 0 radical (unpaired) electrons. The molecule has 2 aromatic rings. The Kier molecular flexibility index (Phi) is 4.33. The second kappa shape index (κ2) is 6.37. The van der Waals surface area contributed by atoms with E-state index in [2.05, 4.69) is 34.7 Å². The Bertz CT molecular complexity index is 563. The maximum Gasteiger partial charge on any atom is 0.119 e. The van der Waals surface area contributed by atoms with Crippen LogP contribution in [0.2, 0.25) is 0 Å². The van der Waals surface area contributed by atoms with Crippen LogP contribution in [0, 0.1) is 6.92 Å². The average molecular weight is 288 g/mol. The number of ether oxygens (including phenoxy) is 1. The summed E-state index contributed by atoms with van der Waals surface area (Å²) in [7, 11) is 0. The summed E-state index contributed by atoms with van der Waals surface area (Å²) in [6.45, 7) is 3.67. The lowest BCUT2D eigenvalue weighted by atomic mass is 10.2. The first kappa shape index (κ1) is 13.6. The van der Waals surface area contributed by atoms with Crippen LogP contribution < -0.4 is 10.1 Å². The Morgan fingerprint density at radius 2 is 2.30 bits per heavy atom. The van der Waals surface area contributed by atoms with E-state index in [1.165, 1.54) is 18.4 Å². The SMILES string of the molecule is Cc1cccc(OCCc2nc(CNC3CC3)cs2)c1. The van der Waals surface area contributed by atoms with E-state index in [1.54, 1.807) is 11.3 Å². The molecule has 3 rings (SSSR count). The van der Waals surface area contributed by atoms with Crippen LogP contribution in [0.3, 0.4) is 0 Å². The summed E-state index contributed by atoms with van der Waals surface area (Å²) in [5.74, 6) is 0.942. The van der Waals surface area contributed by atoms with Crippen molar-refractivity contribution in [1.82, 2.24) is 10.3 Å². The van der Waals surface area contributed by atoms with E-state index in [0.717, 1.165) is 35.5 Å². The Morgan fingerprint density at radius 1 is 1.40 bits per heavy atom. The van der Waals surface area contributed by atoms with Gasteiger partial charge in [0.25, 0.3) is 0 Å². The Labute approximate surface area is 124 Å². The van der Waals surface area contributed by atoms with Gasteiger partial charge in [0.1, 0.15) is 5.75 Å². The van der Waals surface area contributed by atoms with Gasteiger partial charge in [-0.2, -0.15) is 0 Å². The van der Waals surface area contributed by atoms with Crippen LogP contribution in [0.5, 0.6) is 5.75 Å². The molecule has 3 nitrogen and oxygen atoms in total. The molecule has 106 valence electrons. The summed E-state index contributed by atoms with van der Waals surface area (Å²) in [5.41, 5.74) is 2.39. The van der Waals surface area contributed by atoms with Gasteiger partial charge in [-0.1, -0.05) is 12.1 Å². The molecule has 0 bridgehead atoms.